The molecule has 0 unspecified atom stereocenters. The lowest BCUT2D eigenvalue weighted by molar-refractivity contribution is -0.122. The van der Waals surface area contributed by atoms with Crippen LogP contribution in [0.2, 0.25) is 0 Å². The molecule has 0 aliphatic heterocycles. The lowest BCUT2D eigenvalue weighted by Gasteiger charge is -2.21. The van der Waals surface area contributed by atoms with Gasteiger partial charge < -0.3 is 5.73 Å². The van der Waals surface area contributed by atoms with E-state index < -0.39 is 5.41 Å². The van der Waals surface area contributed by atoms with Crippen molar-refractivity contribution >= 4 is 39.9 Å². The zero-order valence-electron chi connectivity index (χ0n) is 11.0. The zero-order valence-corrected chi connectivity index (χ0v) is 13.2. The van der Waals surface area contributed by atoms with Crippen LogP contribution in [-0.4, -0.2) is 21.4 Å². The Bertz CT molecular complexity index is 668. The van der Waals surface area contributed by atoms with Crippen LogP contribution < -0.4 is 5.73 Å². The zero-order chi connectivity index (χ0) is 14.2. The van der Waals surface area contributed by atoms with Gasteiger partial charge in [0.25, 0.3) is 5.91 Å². The van der Waals surface area contributed by atoms with Gasteiger partial charge in [-0.2, -0.15) is 5.10 Å². The molecule has 0 aliphatic rings. The third-order valence-electron chi connectivity index (χ3n) is 3.00. The van der Waals surface area contributed by atoms with Gasteiger partial charge >= 0.3 is 0 Å². The van der Waals surface area contributed by atoms with Crippen LogP contribution in [0.25, 0.3) is 5.52 Å². The number of amidine groups is 1. The molecule has 0 saturated carbocycles. The van der Waals surface area contributed by atoms with E-state index in [1.165, 1.54) is 0 Å². The molecule has 0 aromatic carbocycles. The summed E-state index contributed by atoms with van der Waals surface area (Å²) in [4.78, 5) is 16.0. The summed E-state index contributed by atoms with van der Waals surface area (Å²) in [5.41, 5.74) is 6.62. The minimum atomic E-state index is -0.730. The Hall–Kier alpha value is -1.44. The molecular formula is C13H15IN4O. The van der Waals surface area contributed by atoms with Crippen molar-refractivity contribution < 1.29 is 4.79 Å². The van der Waals surface area contributed by atoms with Crippen molar-refractivity contribution in [1.82, 2.24) is 9.61 Å². The van der Waals surface area contributed by atoms with Crippen molar-refractivity contribution in [2.45, 2.75) is 26.2 Å². The molecule has 1 amide bonds. The molecule has 0 saturated heterocycles. The van der Waals surface area contributed by atoms with Gasteiger partial charge in [0.05, 0.1) is 26.5 Å². The maximum atomic E-state index is 12.1. The molecule has 2 aromatic heterocycles. The largest absolute Gasteiger partial charge is 0.387 e. The van der Waals surface area contributed by atoms with Crippen molar-refractivity contribution in [1.29, 1.82) is 0 Å². The normalized spacial score (nSPS) is 12.9. The summed E-state index contributed by atoms with van der Waals surface area (Å²) >= 11 is 2.23. The molecule has 0 atom stereocenters. The SMILES string of the molecule is CC(N)=NC(=O)C(C)(C)c1ccc2c(I)cnn2c1. The number of nitrogens with two attached hydrogens (primary N) is 1. The van der Waals surface area contributed by atoms with Gasteiger partial charge in [-0.3, -0.25) is 4.79 Å². The number of halogens is 1. The maximum Gasteiger partial charge on any atom is 0.257 e. The first kappa shape index (κ1) is 14.0. The van der Waals surface area contributed by atoms with Crippen molar-refractivity contribution in [3.05, 3.63) is 33.7 Å². The summed E-state index contributed by atoms with van der Waals surface area (Å²) < 4.78 is 2.84. The van der Waals surface area contributed by atoms with Crippen LogP contribution in [0.4, 0.5) is 0 Å². The van der Waals surface area contributed by atoms with Crippen LogP contribution in [0, 0.1) is 3.57 Å². The van der Waals surface area contributed by atoms with Crippen LogP contribution >= 0.6 is 22.6 Å². The Morgan fingerprint density at radius 2 is 2.16 bits per heavy atom. The Kier molecular flexibility index (Phi) is 3.62. The number of carbonyl (C=O) groups excluding carboxylic acids is 1. The van der Waals surface area contributed by atoms with Gasteiger partial charge in [0.1, 0.15) is 0 Å². The molecule has 0 radical (unpaired) electrons. The van der Waals surface area contributed by atoms with Gasteiger partial charge in [-0.25, -0.2) is 9.51 Å². The van der Waals surface area contributed by atoms with E-state index >= 15 is 0 Å². The van der Waals surface area contributed by atoms with Gasteiger partial charge in [0.2, 0.25) is 0 Å². The summed E-state index contributed by atoms with van der Waals surface area (Å²) in [7, 11) is 0. The first-order valence-electron chi connectivity index (χ1n) is 5.81. The molecule has 2 rings (SSSR count). The number of aliphatic imine (C=N–C) groups is 1. The van der Waals surface area contributed by atoms with Gasteiger partial charge in [0, 0.05) is 6.20 Å². The number of fused-ring (bicyclic) bond motifs is 1. The lowest BCUT2D eigenvalue weighted by atomic mass is 9.85. The highest BCUT2D eigenvalue weighted by Gasteiger charge is 2.30. The molecular weight excluding hydrogens is 355 g/mol. The molecule has 6 heteroatoms. The van der Waals surface area contributed by atoms with Crippen molar-refractivity contribution in [3.8, 4) is 0 Å². The van der Waals surface area contributed by atoms with Crippen LogP contribution in [0.5, 0.6) is 0 Å². The van der Waals surface area contributed by atoms with Crippen LogP contribution in [-0.2, 0) is 10.2 Å². The molecule has 2 aromatic rings. The van der Waals surface area contributed by atoms with Gasteiger partial charge in [0.15, 0.2) is 0 Å². The Labute approximate surface area is 125 Å². The Morgan fingerprint density at radius 1 is 1.47 bits per heavy atom. The van der Waals surface area contributed by atoms with E-state index in [9.17, 15) is 4.79 Å². The Balaban J connectivity index is 2.48. The van der Waals surface area contributed by atoms with Gasteiger partial charge in [-0.05, 0) is 55.0 Å². The third-order valence-corrected chi connectivity index (χ3v) is 3.83. The molecule has 19 heavy (non-hydrogen) atoms. The molecule has 100 valence electrons. The fourth-order valence-electron chi connectivity index (χ4n) is 1.75. The lowest BCUT2D eigenvalue weighted by Crippen LogP contribution is -2.29. The van der Waals surface area contributed by atoms with Gasteiger partial charge in [-0.1, -0.05) is 6.07 Å². The number of carbonyl (C=O) groups is 1. The van der Waals surface area contributed by atoms with E-state index in [2.05, 4.69) is 32.7 Å². The monoisotopic (exact) mass is 370 g/mol. The van der Waals surface area contributed by atoms with Crippen molar-refractivity contribution in [2.24, 2.45) is 10.7 Å². The average molecular weight is 370 g/mol. The summed E-state index contributed by atoms with van der Waals surface area (Å²) in [6.07, 6.45) is 3.65. The molecule has 2 heterocycles. The van der Waals surface area contributed by atoms with Gasteiger partial charge in [-0.15, -0.1) is 0 Å². The van der Waals surface area contributed by atoms with E-state index in [4.69, 9.17) is 5.73 Å². The standard InChI is InChI=1S/C13H15IN4O/c1-8(15)17-12(19)13(2,3)9-4-5-11-10(14)6-16-18(11)7-9/h4-7H,1-3H3,(H2,15,17,19). The maximum absolute atomic E-state index is 12.1. The first-order chi connectivity index (χ1) is 8.82. The first-order valence-corrected chi connectivity index (χ1v) is 6.89. The van der Waals surface area contributed by atoms with E-state index in [1.54, 1.807) is 17.6 Å². The fourth-order valence-corrected chi connectivity index (χ4v) is 2.30. The number of hydrogen-bond acceptors (Lipinski definition) is 2. The van der Waals surface area contributed by atoms with E-state index in [1.807, 2.05) is 32.2 Å². The van der Waals surface area contributed by atoms with Crippen molar-refractivity contribution in [3.63, 3.8) is 0 Å². The minimum absolute atomic E-state index is 0.256. The third kappa shape index (κ3) is 2.63. The fraction of sp³-hybridized carbons (Fsp3) is 0.308. The number of aromatic nitrogens is 2. The number of nitrogens with zero attached hydrogens (tertiary/aromatic N) is 3. The highest BCUT2D eigenvalue weighted by Crippen LogP contribution is 2.26. The average Bonchev–Trinajstić information content (AvgIpc) is 2.70. The van der Waals surface area contributed by atoms with Crippen LogP contribution in [0.15, 0.2) is 29.5 Å². The topological polar surface area (TPSA) is 72.8 Å². The summed E-state index contributed by atoms with van der Waals surface area (Å²) in [5.74, 6) is 0.0153. The number of hydrogen-bond donors (Lipinski definition) is 1. The highest BCUT2D eigenvalue weighted by molar-refractivity contribution is 14.1. The predicted octanol–water partition coefficient (Wildman–Crippen LogP) is 2.12. The molecule has 0 spiro atoms. The predicted molar refractivity (Wildman–Crippen MR) is 83.2 cm³/mol. The molecule has 0 bridgehead atoms. The van der Waals surface area contributed by atoms with Crippen molar-refractivity contribution in [2.75, 3.05) is 0 Å². The number of pyridine rings is 1. The number of amides is 1. The van der Waals surface area contributed by atoms with Crippen LogP contribution in [0.1, 0.15) is 26.3 Å². The molecule has 0 fully saturated rings. The molecule has 0 aliphatic carbocycles. The smallest absolute Gasteiger partial charge is 0.257 e. The number of rotatable bonds is 2. The van der Waals surface area contributed by atoms with E-state index in [0.29, 0.717) is 0 Å². The quantitative estimate of drug-likeness (QED) is 0.500. The second-order valence-corrected chi connectivity index (χ2v) is 6.09. The summed E-state index contributed by atoms with van der Waals surface area (Å²) in [6.45, 7) is 5.27. The van der Waals surface area contributed by atoms with Crippen LogP contribution in [0.3, 0.4) is 0 Å². The second kappa shape index (κ2) is 4.92. The summed E-state index contributed by atoms with van der Waals surface area (Å²) in [6, 6.07) is 3.89. The van der Waals surface area contributed by atoms with E-state index in [-0.39, 0.29) is 11.7 Å². The molecule has 5 nitrogen and oxygen atoms in total. The Morgan fingerprint density at radius 3 is 2.79 bits per heavy atom. The second-order valence-electron chi connectivity index (χ2n) is 4.92. The minimum Gasteiger partial charge on any atom is -0.387 e. The van der Waals surface area contributed by atoms with E-state index in [0.717, 1.165) is 14.7 Å². The summed E-state index contributed by atoms with van der Waals surface area (Å²) in [5, 5.41) is 4.25. The molecule has 2 N–H and O–H groups in total. The highest BCUT2D eigenvalue weighted by atomic mass is 127.